The minimum Gasteiger partial charge on any atom is -0.481 e. The van der Waals surface area contributed by atoms with Gasteiger partial charge >= 0.3 is 11.9 Å². The van der Waals surface area contributed by atoms with E-state index in [1.807, 2.05) is 0 Å². The summed E-state index contributed by atoms with van der Waals surface area (Å²) in [6.45, 7) is 7.03. The number of H-pyrrole nitrogens is 1. The van der Waals surface area contributed by atoms with Crippen LogP contribution in [0.1, 0.15) is 84.5 Å². The number of alkyl halides is 1. The lowest BCUT2D eigenvalue weighted by molar-refractivity contribution is -0.143. The van der Waals surface area contributed by atoms with Crippen LogP contribution in [0.5, 0.6) is 0 Å². The lowest BCUT2D eigenvalue weighted by atomic mass is 10.00. The molecule has 0 saturated carbocycles. The minimum absolute atomic E-state index is 0.0273. The van der Waals surface area contributed by atoms with Gasteiger partial charge < -0.3 is 63.9 Å². The Kier molecular flexibility index (Phi) is 23.9. The van der Waals surface area contributed by atoms with Crippen LogP contribution in [0.15, 0.2) is 23.7 Å². The number of aliphatic carboxylic acids is 2. The first kappa shape index (κ1) is 55.9. The van der Waals surface area contributed by atoms with Crippen molar-refractivity contribution in [2.75, 3.05) is 19.8 Å². The number of aromatic amines is 1. The van der Waals surface area contributed by atoms with Crippen LogP contribution in [-0.2, 0) is 62.5 Å². The molecule has 372 valence electrons. The summed E-state index contributed by atoms with van der Waals surface area (Å²) in [5.74, 6) is -9.77. The van der Waals surface area contributed by atoms with E-state index in [1.165, 1.54) is 24.1 Å². The van der Waals surface area contributed by atoms with Crippen LogP contribution in [0.25, 0.3) is 0 Å². The van der Waals surface area contributed by atoms with Gasteiger partial charge in [-0.3, -0.25) is 52.4 Å². The minimum atomic E-state index is -1.74. The Bertz CT molecular complexity index is 2010. The third kappa shape index (κ3) is 21.5. The number of halogens is 1. The summed E-state index contributed by atoms with van der Waals surface area (Å²) in [6.07, 6.45) is 3.93. The number of rotatable bonds is 31. The molecule has 67 heavy (non-hydrogen) atoms. The maximum absolute atomic E-state index is 13.9. The summed E-state index contributed by atoms with van der Waals surface area (Å²) in [7, 11) is 0. The fourth-order valence-electron chi connectivity index (χ4n) is 6.24. The van der Waals surface area contributed by atoms with Crippen molar-refractivity contribution in [1.29, 1.82) is 0 Å². The maximum atomic E-state index is 13.9. The fraction of sp³-hybridized carbons (Fsp3) is 0.625. The molecule has 2 aromatic rings. The number of carbonyl (C=O) groups is 9. The third-order valence-electron chi connectivity index (χ3n) is 9.70. The predicted molar refractivity (Wildman–Crippen MR) is 236 cm³/mol. The van der Waals surface area contributed by atoms with Crippen LogP contribution >= 0.6 is 0 Å². The van der Waals surface area contributed by atoms with E-state index in [-0.39, 0.29) is 63.5 Å². The van der Waals surface area contributed by atoms with Gasteiger partial charge in [0.1, 0.15) is 36.3 Å². The van der Waals surface area contributed by atoms with Crippen molar-refractivity contribution >= 4 is 59.2 Å². The number of nitrogens with one attached hydrogen (secondary N) is 8. The Balaban J connectivity index is 2.13. The van der Waals surface area contributed by atoms with Gasteiger partial charge in [0.25, 0.3) is 0 Å². The largest absolute Gasteiger partial charge is 0.481 e. The number of nitrogens with zero attached hydrogens (tertiary/aromatic N) is 5. The zero-order chi connectivity index (χ0) is 50.2. The Morgan fingerprint density at radius 1 is 0.806 bits per heavy atom. The molecule has 0 aliphatic carbocycles. The number of guanidine groups is 1. The molecule has 2 heterocycles. The number of imidazole rings is 1. The first-order valence-electron chi connectivity index (χ1n) is 21.6. The molecule has 0 unspecified atom stereocenters. The van der Waals surface area contributed by atoms with Gasteiger partial charge in [-0.2, -0.15) is 0 Å². The highest BCUT2D eigenvalue weighted by Gasteiger charge is 2.34. The second-order valence-corrected chi connectivity index (χ2v) is 16.4. The number of carboxylic acid groups (broad SMARTS) is 2. The number of aryl methyl sites for hydroxylation is 2. The number of nitrogens with two attached hydrogens (primary N) is 2. The Labute approximate surface area is 385 Å². The number of aromatic nitrogens is 5. The molecule has 0 aromatic carbocycles. The number of carboxylic acids is 2. The van der Waals surface area contributed by atoms with Crippen molar-refractivity contribution in [3.63, 3.8) is 0 Å². The highest BCUT2D eigenvalue weighted by molar-refractivity contribution is 5.97. The summed E-state index contributed by atoms with van der Waals surface area (Å²) < 4.78 is 13.8. The lowest BCUT2D eigenvalue weighted by Crippen LogP contribution is -2.60. The molecule has 26 nitrogen and oxygen atoms in total. The van der Waals surface area contributed by atoms with Gasteiger partial charge in [0, 0.05) is 37.5 Å². The summed E-state index contributed by atoms with van der Waals surface area (Å²) in [4.78, 5) is 127. The van der Waals surface area contributed by atoms with Gasteiger partial charge in [0.05, 0.1) is 38.2 Å². The topological polar surface area (TPSA) is 402 Å². The number of hydrogen-bond acceptors (Lipinski definition) is 13. The second kappa shape index (κ2) is 28.6. The molecular formula is C40H64FN15O11. The van der Waals surface area contributed by atoms with E-state index in [2.05, 4.69) is 62.5 Å². The molecule has 0 bridgehead atoms. The summed E-state index contributed by atoms with van der Waals surface area (Å²) in [5, 5.41) is 44.1. The molecule has 27 heteroatoms. The van der Waals surface area contributed by atoms with Gasteiger partial charge in [-0.05, 0) is 50.9 Å². The zero-order valence-corrected chi connectivity index (χ0v) is 38.2. The summed E-state index contributed by atoms with van der Waals surface area (Å²) in [5.41, 5.74) is 11.6. The Morgan fingerprint density at radius 3 is 2.06 bits per heavy atom. The normalized spacial score (nSPS) is 13.7. The van der Waals surface area contributed by atoms with Crippen LogP contribution in [0.4, 0.5) is 4.39 Å². The van der Waals surface area contributed by atoms with Crippen LogP contribution in [0.3, 0.4) is 0 Å². The van der Waals surface area contributed by atoms with Gasteiger partial charge in [0.15, 0.2) is 5.96 Å². The lowest BCUT2D eigenvalue weighted by Gasteiger charge is -2.28. The van der Waals surface area contributed by atoms with Gasteiger partial charge in [-0.15, -0.1) is 5.10 Å². The van der Waals surface area contributed by atoms with Crippen LogP contribution in [-0.4, -0.2) is 150 Å². The first-order valence-corrected chi connectivity index (χ1v) is 21.6. The number of carbonyl (C=O) groups excluding carboxylic acids is 7. The molecule has 14 N–H and O–H groups in total. The van der Waals surface area contributed by atoms with E-state index in [4.69, 9.17) is 11.5 Å². The highest BCUT2D eigenvalue weighted by atomic mass is 18.2. The molecule has 0 fully saturated rings. The standard InChI is InChI=1S/C40H64FN15O11/c1-21(2)14-27(35(62)52-28(15-25-17-44-20-47-25)37(64)53-33(22(3)4)38(65)50-26(39(66)67)9-7-12-45-40(42)43)51-36(63)29(16-32(59)60)49-31(58)18-46-34(61)23(5)48-30(57)10-13-56-19-24(54-55-56)8-6-11-41/h17,19-23,26-29,33H,6-16,18H2,1-5H3,(H,44,47)(H,46,61)(H,48,57)(H,49,58)(H,50,65)(H,51,63)(H,52,62)(H,53,64)(H,59,60)(H,66,67)(H4,42,43,45)/t23-,26-,27-,28-,29-,33-/m0/s1/i41-1. The molecule has 0 radical (unpaired) electrons. The quantitative estimate of drug-likeness (QED) is 0.0202. The van der Waals surface area contributed by atoms with Crippen molar-refractivity contribution in [2.45, 2.75) is 129 Å². The molecule has 2 rings (SSSR count). The van der Waals surface area contributed by atoms with E-state index in [9.17, 15) is 57.8 Å². The van der Waals surface area contributed by atoms with Crippen LogP contribution < -0.4 is 48.7 Å². The molecule has 7 amide bonds. The van der Waals surface area contributed by atoms with Crippen molar-refractivity contribution in [3.05, 3.63) is 30.1 Å². The molecule has 2 aromatic heterocycles. The fourth-order valence-corrected chi connectivity index (χ4v) is 6.24. The summed E-state index contributed by atoms with van der Waals surface area (Å²) >= 11 is 0. The monoisotopic (exact) mass is 948 g/mol. The average molecular weight is 949 g/mol. The van der Waals surface area contributed by atoms with Crippen molar-refractivity contribution < 1.29 is 57.8 Å². The van der Waals surface area contributed by atoms with E-state index >= 15 is 0 Å². The van der Waals surface area contributed by atoms with Crippen molar-refractivity contribution in [1.82, 2.24) is 62.2 Å². The number of amides is 7. The maximum Gasteiger partial charge on any atom is 0.326 e. The molecule has 0 aliphatic heterocycles. The first-order chi connectivity index (χ1) is 31.6. The van der Waals surface area contributed by atoms with E-state index in [1.54, 1.807) is 33.9 Å². The molecule has 0 saturated heterocycles. The van der Waals surface area contributed by atoms with Gasteiger partial charge in [-0.1, -0.05) is 32.9 Å². The SMILES string of the molecule is CC(C)C[C@H](NC(=O)[C@H](CC(=O)O)NC(=O)CNC(=O)[C@H](C)NC(=O)CCn1cc(CCC[18F])nn1)C(=O)N[C@@H](Cc1cnc[nH]1)C(=O)N[C@H](C(=O)N[C@@H](CCCN=C(N)N)C(=O)O)C(C)C. The van der Waals surface area contributed by atoms with E-state index in [0.717, 1.165) is 0 Å². The van der Waals surface area contributed by atoms with Gasteiger partial charge in [0.2, 0.25) is 41.4 Å². The molecular weight excluding hydrogens is 885 g/mol. The summed E-state index contributed by atoms with van der Waals surface area (Å²) in [6, 6.07) is -8.29. The predicted octanol–water partition coefficient (Wildman–Crippen LogP) is -3.10. The Morgan fingerprint density at radius 2 is 1.46 bits per heavy atom. The highest BCUT2D eigenvalue weighted by Crippen LogP contribution is 2.11. The van der Waals surface area contributed by atoms with E-state index in [0.29, 0.717) is 17.8 Å². The van der Waals surface area contributed by atoms with Crippen LogP contribution in [0, 0.1) is 11.8 Å². The molecule has 0 spiro atoms. The van der Waals surface area contributed by atoms with E-state index < -0.39 is 115 Å². The molecule has 6 atom stereocenters. The number of hydrogen-bond donors (Lipinski definition) is 12. The smallest absolute Gasteiger partial charge is 0.326 e. The second-order valence-electron chi connectivity index (χ2n) is 16.4. The zero-order valence-electron chi connectivity index (χ0n) is 38.2. The number of aliphatic imine (C=N–C) groups is 1. The Hall–Kier alpha value is -7.22. The third-order valence-corrected chi connectivity index (χ3v) is 9.70. The molecule has 0 aliphatic rings. The average Bonchev–Trinajstić information content (AvgIpc) is 3.95. The van der Waals surface area contributed by atoms with Crippen molar-refractivity contribution in [3.8, 4) is 0 Å². The van der Waals surface area contributed by atoms with Crippen molar-refractivity contribution in [2.24, 2.45) is 28.3 Å². The van der Waals surface area contributed by atoms with Crippen LogP contribution in [0.2, 0.25) is 0 Å². The van der Waals surface area contributed by atoms with Gasteiger partial charge in [-0.25, -0.2) is 9.78 Å².